The van der Waals surface area contributed by atoms with E-state index in [1.165, 1.54) is 29.7 Å². The molecule has 1 aromatic carbocycles. The number of carbonyl (C=O) groups excluding carboxylic acids is 1. The smallest absolute Gasteiger partial charge is 0.263 e. The number of nitrogens with zero attached hydrogens (tertiary/aromatic N) is 1. The first-order valence-electron chi connectivity index (χ1n) is 7.66. The zero-order valence-electron chi connectivity index (χ0n) is 13.7. The Morgan fingerprint density at radius 1 is 1.38 bits per heavy atom. The van der Waals surface area contributed by atoms with Crippen LogP contribution in [-0.4, -0.2) is 43.4 Å². The lowest BCUT2D eigenvalue weighted by molar-refractivity contribution is -0.116. The molecule has 1 aromatic heterocycles. The van der Waals surface area contributed by atoms with Crippen LogP contribution in [0.15, 0.2) is 40.7 Å². The quantitative estimate of drug-likeness (QED) is 0.645. The first-order chi connectivity index (χ1) is 12.0. The minimum Gasteiger partial charge on any atom is -0.326 e. The summed E-state index contributed by atoms with van der Waals surface area (Å²) in [5.74, 6) is 1.83. The molecular weight excluding hydrogens is 416 g/mol. The Kier molecular flexibility index (Phi) is 7.71. The Balaban J connectivity index is 0.00000243. The summed E-state index contributed by atoms with van der Waals surface area (Å²) in [4.78, 5) is 16.2. The van der Waals surface area contributed by atoms with Gasteiger partial charge in [-0.2, -0.15) is 11.8 Å². The van der Waals surface area contributed by atoms with Gasteiger partial charge >= 0.3 is 0 Å². The van der Waals surface area contributed by atoms with Crippen LogP contribution in [0.4, 0.5) is 10.8 Å². The van der Waals surface area contributed by atoms with Crippen molar-refractivity contribution in [2.75, 3.05) is 28.1 Å². The van der Waals surface area contributed by atoms with Gasteiger partial charge in [-0.15, -0.1) is 23.7 Å². The Hall–Kier alpha value is -1.33. The second-order valence-corrected chi connectivity index (χ2v) is 9.18. The zero-order valence-corrected chi connectivity index (χ0v) is 16.9. The van der Waals surface area contributed by atoms with Gasteiger partial charge in [-0.05, 0) is 18.2 Å². The highest BCUT2D eigenvalue weighted by Gasteiger charge is 2.18. The monoisotopic (exact) mass is 434 g/mol. The molecule has 0 bridgehead atoms. The number of anilines is 2. The van der Waals surface area contributed by atoms with E-state index in [2.05, 4.69) is 20.3 Å². The average Bonchev–Trinajstić information content (AvgIpc) is 3.08. The molecule has 3 N–H and O–H groups in total. The van der Waals surface area contributed by atoms with Gasteiger partial charge in [-0.3, -0.25) is 9.52 Å². The lowest BCUT2D eigenvalue weighted by atomic mass is 10.2. The molecular formula is C15H19ClN4O3S3. The molecule has 1 unspecified atom stereocenters. The number of aromatic nitrogens is 1. The van der Waals surface area contributed by atoms with Crippen molar-refractivity contribution in [2.45, 2.75) is 17.4 Å². The SMILES string of the molecule is Cl.O=C(CC1CSCCN1)Nc1cccc(S(=O)(=O)Nc2nccs2)c1. The number of benzene rings is 1. The highest BCUT2D eigenvalue weighted by molar-refractivity contribution is 7.99. The number of thioether (sulfide) groups is 1. The predicted octanol–water partition coefficient (Wildman–Crippen LogP) is 2.40. The van der Waals surface area contributed by atoms with Crippen molar-refractivity contribution in [3.05, 3.63) is 35.8 Å². The molecule has 0 radical (unpaired) electrons. The number of halogens is 1. The van der Waals surface area contributed by atoms with Gasteiger partial charge in [0.15, 0.2) is 5.13 Å². The molecule has 1 aliphatic rings. The number of hydrogen-bond donors (Lipinski definition) is 3. The minimum atomic E-state index is -3.74. The molecule has 142 valence electrons. The number of amides is 1. The van der Waals surface area contributed by atoms with E-state index in [1.54, 1.807) is 17.5 Å². The average molecular weight is 435 g/mol. The number of thiazole rings is 1. The van der Waals surface area contributed by atoms with Crippen LogP contribution in [-0.2, 0) is 14.8 Å². The van der Waals surface area contributed by atoms with E-state index in [9.17, 15) is 13.2 Å². The standard InChI is InChI=1S/C15H18N4O3S3.ClH/c20-14(9-12-10-23-6-4-16-12)18-11-2-1-3-13(8-11)25(21,22)19-15-17-5-7-24-15;/h1-3,5,7-8,12,16H,4,6,9-10H2,(H,17,19)(H,18,20);1H. The Labute approximate surface area is 166 Å². The van der Waals surface area contributed by atoms with Crippen LogP contribution < -0.4 is 15.4 Å². The van der Waals surface area contributed by atoms with Crippen LogP contribution in [0.5, 0.6) is 0 Å². The second-order valence-electron chi connectivity index (χ2n) is 5.45. The van der Waals surface area contributed by atoms with Gasteiger partial charge in [0.05, 0.1) is 4.90 Å². The number of carbonyl (C=O) groups is 1. The van der Waals surface area contributed by atoms with Crippen LogP contribution >= 0.6 is 35.5 Å². The van der Waals surface area contributed by atoms with E-state index in [1.807, 2.05) is 11.8 Å². The van der Waals surface area contributed by atoms with Crippen LogP contribution in [0.25, 0.3) is 0 Å². The molecule has 2 heterocycles. The van der Waals surface area contributed by atoms with Crippen molar-refractivity contribution < 1.29 is 13.2 Å². The van der Waals surface area contributed by atoms with Gasteiger partial charge in [-0.25, -0.2) is 13.4 Å². The predicted molar refractivity (Wildman–Crippen MR) is 109 cm³/mol. The molecule has 11 heteroatoms. The zero-order chi connectivity index (χ0) is 17.7. The van der Waals surface area contributed by atoms with E-state index < -0.39 is 10.0 Å². The third-order valence-corrected chi connectivity index (χ3v) is 6.80. The van der Waals surface area contributed by atoms with E-state index in [-0.39, 0.29) is 29.3 Å². The summed E-state index contributed by atoms with van der Waals surface area (Å²) < 4.78 is 27.2. The van der Waals surface area contributed by atoms with Crippen molar-refractivity contribution >= 4 is 62.3 Å². The fraction of sp³-hybridized carbons (Fsp3) is 0.333. The van der Waals surface area contributed by atoms with Crippen molar-refractivity contribution in [3.8, 4) is 0 Å². The van der Waals surface area contributed by atoms with E-state index in [4.69, 9.17) is 0 Å². The summed E-state index contributed by atoms with van der Waals surface area (Å²) in [6.45, 7) is 0.902. The van der Waals surface area contributed by atoms with Gasteiger partial charge in [0.2, 0.25) is 5.91 Å². The third-order valence-electron chi connectivity index (χ3n) is 3.51. The summed E-state index contributed by atoms with van der Waals surface area (Å²) in [6.07, 6.45) is 1.89. The molecule has 1 aliphatic heterocycles. The largest absolute Gasteiger partial charge is 0.326 e. The maximum absolute atomic E-state index is 12.4. The van der Waals surface area contributed by atoms with E-state index in [0.29, 0.717) is 17.2 Å². The molecule has 0 saturated carbocycles. The maximum Gasteiger partial charge on any atom is 0.263 e. The molecule has 0 spiro atoms. The van der Waals surface area contributed by atoms with E-state index in [0.717, 1.165) is 18.1 Å². The maximum atomic E-state index is 12.4. The molecule has 1 saturated heterocycles. The first-order valence-corrected chi connectivity index (χ1v) is 11.2. The molecule has 2 aromatic rings. The Bertz CT molecular complexity index is 824. The highest BCUT2D eigenvalue weighted by Crippen LogP contribution is 2.21. The van der Waals surface area contributed by atoms with Crippen molar-refractivity contribution in [1.29, 1.82) is 0 Å². The number of rotatable bonds is 6. The summed E-state index contributed by atoms with van der Waals surface area (Å²) >= 11 is 3.02. The number of nitrogens with one attached hydrogen (secondary N) is 3. The fourth-order valence-electron chi connectivity index (χ4n) is 2.38. The van der Waals surface area contributed by atoms with Crippen LogP contribution in [0.2, 0.25) is 0 Å². The van der Waals surface area contributed by atoms with Crippen molar-refractivity contribution in [2.24, 2.45) is 0 Å². The van der Waals surface area contributed by atoms with Gasteiger partial charge in [0.25, 0.3) is 10.0 Å². The highest BCUT2D eigenvalue weighted by atomic mass is 35.5. The summed E-state index contributed by atoms with van der Waals surface area (Å²) in [5, 5.41) is 8.06. The molecule has 0 aliphatic carbocycles. The fourth-order valence-corrected chi connectivity index (χ4v) is 5.16. The van der Waals surface area contributed by atoms with Crippen molar-refractivity contribution in [1.82, 2.24) is 10.3 Å². The lowest BCUT2D eigenvalue weighted by Crippen LogP contribution is -2.39. The molecule has 1 amide bonds. The summed E-state index contributed by atoms with van der Waals surface area (Å²) in [5.41, 5.74) is 0.454. The topological polar surface area (TPSA) is 100 Å². The van der Waals surface area contributed by atoms with Gasteiger partial charge in [0, 0.05) is 47.8 Å². The van der Waals surface area contributed by atoms with Crippen LogP contribution in [0, 0.1) is 0 Å². The molecule has 1 fully saturated rings. The van der Waals surface area contributed by atoms with Crippen molar-refractivity contribution in [3.63, 3.8) is 0 Å². The molecule has 7 nitrogen and oxygen atoms in total. The number of hydrogen-bond acceptors (Lipinski definition) is 7. The Morgan fingerprint density at radius 3 is 2.92 bits per heavy atom. The van der Waals surface area contributed by atoms with Crippen LogP contribution in [0.3, 0.4) is 0 Å². The first kappa shape index (κ1) is 21.0. The van der Waals surface area contributed by atoms with E-state index >= 15 is 0 Å². The van der Waals surface area contributed by atoms with Gasteiger partial charge in [-0.1, -0.05) is 6.07 Å². The Morgan fingerprint density at radius 2 is 2.23 bits per heavy atom. The lowest BCUT2D eigenvalue weighted by Gasteiger charge is -2.22. The normalized spacial score (nSPS) is 17.2. The molecule has 26 heavy (non-hydrogen) atoms. The number of sulfonamides is 1. The summed E-state index contributed by atoms with van der Waals surface area (Å²) in [6, 6.07) is 6.34. The molecule has 1 atom stereocenters. The minimum absolute atomic E-state index is 0. The summed E-state index contributed by atoms with van der Waals surface area (Å²) in [7, 11) is -3.74. The molecule has 3 rings (SSSR count). The second kappa shape index (κ2) is 9.56. The van der Waals surface area contributed by atoms with Gasteiger partial charge < -0.3 is 10.6 Å². The van der Waals surface area contributed by atoms with Crippen LogP contribution in [0.1, 0.15) is 6.42 Å². The van der Waals surface area contributed by atoms with Gasteiger partial charge in [0.1, 0.15) is 0 Å². The third kappa shape index (κ3) is 5.85.